The number of benzene rings is 3. The van der Waals surface area contributed by atoms with Crippen molar-refractivity contribution in [1.29, 1.82) is 0 Å². The van der Waals surface area contributed by atoms with Crippen LogP contribution in [-0.2, 0) is 16.4 Å². The van der Waals surface area contributed by atoms with Crippen LogP contribution in [0, 0.1) is 0 Å². The lowest BCUT2D eigenvalue weighted by atomic mass is 10.1. The number of pyridine rings is 1. The number of ether oxygens (including phenoxy) is 2. The predicted octanol–water partition coefficient (Wildman–Crippen LogP) is 3.31. The first-order chi connectivity index (χ1) is 16.9. The van der Waals surface area contributed by atoms with Gasteiger partial charge >= 0.3 is 0 Å². The lowest BCUT2D eigenvalue weighted by Crippen LogP contribution is -2.26. The summed E-state index contributed by atoms with van der Waals surface area (Å²) in [5, 5.41) is 9.12. The maximum absolute atomic E-state index is 12.5. The number of nitrogens with one attached hydrogen (secondary N) is 1. The molecular weight excluding hydrogens is 466 g/mol. The number of nitrogens with two attached hydrogens (primary N) is 1. The van der Waals surface area contributed by atoms with Gasteiger partial charge in [-0.2, -0.15) is 0 Å². The number of rotatable bonds is 10. The zero-order valence-corrected chi connectivity index (χ0v) is 19.7. The number of hydrogen-bond acceptors (Lipinski definition) is 6. The van der Waals surface area contributed by atoms with Gasteiger partial charge in [0.15, 0.2) is 0 Å². The van der Waals surface area contributed by atoms with Crippen LogP contribution in [0.4, 0.5) is 0 Å². The average Bonchev–Trinajstić information content (AvgIpc) is 2.87. The molecule has 0 saturated carbocycles. The first-order valence-corrected chi connectivity index (χ1v) is 12.5. The predicted molar refractivity (Wildman–Crippen MR) is 133 cm³/mol. The van der Waals surface area contributed by atoms with E-state index in [0.29, 0.717) is 29.8 Å². The molecule has 0 fully saturated rings. The zero-order valence-electron chi connectivity index (χ0n) is 18.9. The van der Waals surface area contributed by atoms with Crippen LogP contribution in [0.25, 0.3) is 10.9 Å². The lowest BCUT2D eigenvalue weighted by Gasteiger charge is -2.13. The third-order valence-corrected chi connectivity index (χ3v) is 6.15. The number of aromatic nitrogens is 1. The second-order valence-electron chi connectivity index (χ2n) is 7.76. The Morgan fingerprint density at radius 1 is 0.914 bits per heavy atom. The number of para-hydroxylation sites is 2. The van der Waals surface area contributed by atoms with Crippen LogP contribution in [0.2, 0.25) is 0 Å². The molecule has 0 unspecified atom stereocenters. The molecule has 3 N–H and O–H groups in total. The van der Waals surface area contributed by atoms with E-state index in [2.05, 4.69) is 10.3 Å². The van der Waals surface area contributed by atoms with Crippen molar-refractivity contribution >= 4 is 26.8 Å². The Hall–Kier alpha value is -3.95. The minimum absolute atomic E-state index is 0.111. The van der Waals surface area contributed by atoms with E-state index < -0.39 is 10.0 Å². The van der Waals surface area contributed by atoms with Crippen LogP contribution in [-0.4, -0.2) is 39.1 Å². The second-order valence-corrected chi connectivity index (χ2v) is 9.29. The number of hydrogen-bond donors (Lipinski definition) is 2. The summed E-state index contributed by atoms with van der Waals surface area (Å²) < 4.78 is 35.4. The molecule has 8 nitrogen and oxygen atoms in total. The smallest absolute Gasteiger partial charge is 0.252 e. The van der Waals surface area contributed by atoms with Crippen LogP contribution < -0.4 is 19.9 Å². The van der Waals surface area contributed by atoms with Crippen molar-refractivity contribution in [3.8, 4) is 11.5 Å². The molecule has 4 rings (SSSR count). The van der Waals surface area contributed by atoms with Gasteiger partial charge in [0.2, 0.25) is 10.0 Å². The van der Waals surface area contributed by atoms with Crippen molar-refractivity contribution in [2.75, 3.05) is 19.8 Å². The van der Waals surface area contributed by atoms with E-state index in [4.69, 9.17) is 14.6 Å². The Balaban J connectivity index is 1.34. The summed E-state index contributed by atoms with van der Waals surface area (Å²) in [6.07, 6.45) is 1.94. The molecule has 9 heteroatoms. The van der Waals surface area contributed by atoms with E-state index >= 15 is 0 Å². The number of fused-ring (bicyclic) bond motifs is 1. The summed E-state index contributed by atoms with van der Waals surface area (Å²) in [5.41, 5.74) is 1.96. The molecule has 1 heterocycles. The zero-order chi connectivity index (χ0) is 24.7. The van der Waals surface area contributed by atoms with Crippen molar-refractivity contribution in [2.24, 2.45) is 5.14 Å². The van der Waals surface area contributed by atoms with Crippen LogP contribution in [0.15, 0.2) is 90.0 Å². The van der Waals surface area contributed by atoms with Gasteiger partial charge in [-0.3, -0.25) is 9.78 Å². The minimum Gasteiger partial charge on any atom is -0.490 e. The molecule has 0 spiro atoms. The molecule has 1 amide bonds. The van der Waals surface area contributed by atoms with Gasteiger partial charge < -0.3 is 14.8 Å². The molecule has 0 aliphatic rings. The number of sulfonamides is 1. The van der Waals surface area contributed by atoms with Gasteiger partial charge in [-0.05, 0) is 48.4 Å². The topological polar surface area (TPSA) is 121 Å². The van der Waals surface area contributed by atoms with E-state index in [-0.39, 0.29) is 29.8 Å². The minimum atomic E-state index is -4.01. The first-order valence-electron chi connectivity index (χ1n) is 11.0. The summed E-state index contributed by atoms with van der Waals surface area (Å²) >= 11 is 0. The van der Waals surface area contributed by atoms with Gasteiger partial charge in [0.1, 0.15) is 29.6 Å². The lowest BCUT2D eigenvalue weighted by molar-refractivity contribution is 0.0954. The molecule has 0 aliphatic heterocycles. The Kier molecular flexibility index (Phi) is 7.59. The summed E-state index contributed by atoms with van der Waals surface area (Å²) in [7, 11) is -4.01. The van der Waals surface area contributed by atoms with E-state index in [1.807, 2.05) is 54.6 Å². The highest BCUT2D eigenvalue weighted by Gasteiger charge is 2.16. The molecule has 0 aliphatic carbocycles. The Bertz CT molecular complexity index is 1430. The van der Waals surface area contributed by atoms with Crippen LogP contribution >= 0.6 is 0 Å². The third kappa shape index (κ3) is 6.56. The van der Waals surface area contributed by atoms with Gasteiger partial charge in [0.05, 0.1) is 11.1 Å². The third-order valence-electron chi connectivity index (χ3n) is 5.22. The molecule has 1 aromatic heterocycles. The van der Waals surface area contributed by atoms with E-state index in [0.717, 1.165) is 10.9 Å². The number of amides is 1. The molecule has 180 valence electrons. The second kappa shape index (κ2) is 11.0. The monoisotopic (exact) mass is 491 g/mol. The average molecular weight is 492 g/mol. The highest BCUT2D eigenvalue weighted by Crippen LogP contribution is 2.24. The number of carbonyl (C=O) groups excluding carboxylic acids is 1. The SMILES string of the molecule is NS(=O)(=O)c1cc(CCNC(=O)c2cnc3ccccc3c2)ccc1OCCOc1ccccc1. The molecule has 0 radical (unpaired) electrons. The molecule has 4 aromatic rings. The standard InChI is InChI=1S/C26H25N3O5S/c27-35(31,32)25-16-19(10-11-24(25)34-15-14-33-22-7-2-1-3-8-22)12-13-28-26(30)21-17-20-6-4-5-9-23(20)29-18-21/h1-11,16-18H,12-15H2,(H,28,30)(H2,27,31,32). The maximum atomic E-state index is 12.5. The van der Waals surface area contributed by atoms with E-state index in [9.17, 15) is 13.2 Å². The summed E-state index contributed by atoms with van der Waals surface area (Å²) in [4.78, 5) is 16.7. The van der Waals surface area contributed by atoms with Crippen LogP contribution in [0.1, 0.15) is 15.9 Å². The van der Waals surface area contributed by atoms with Gasteiger partial charge in [-0.1, -0.05) is 42.5 Å². The molecule has 3 aromatic carbocycles. The van der Waals surface area contributed by atoms with Crippen molar-refractivity contribution in [3.05, 3.63) is 96.2 Å². The summed E-state index contributed by atoms with van der Waals surface area (Å²) in [6.45, 7) is 0.693. The Morgan fingerprint density at radius 2 is 1.66 bits per heavy atom. The van der Waals surface area contributed by atoms with Crippen LogP contribution in [0.3, 0.4) is 0 Å². The van der Waals surface area contributed by atoms with Crippen molar-refractivity contribution in [3.63, 3.8) is 0 Å². The highest BCUT2D eigenvalue weighted by atomic mass is 32.2. The highest BCUT2D eigenvalue weighted by molar-refractivity contribution is 7.89. The van der Waals surface area contributed by atoms with Gasteiger partial charge in [-0.25, -0.2) is 13.6 Å². The van der Waals surface area contributed by atoms with Crippen LogP contribution in [0.5, 0.6) is 11.5 Å². The molecule has 0 atom stereocenters. The fourth-order valence-corrected chi connectivity index (χ4v) is 4.22. The molecule has 0 saturated heterocycles. The quantitative estimate of drug-likeness (QED) is 0.328. The largest absolute Gasteiger partial charge is 0.490 e. The fraction of sp³-hybridized carbons (Fsp3) is 0.154. The van der Waals surface area contributed by atoms with E-state index in [1.54, 1.807) is 18.2 Å². The van der Waals surface area contributed by atoms with Crippen molar-refractivity contribution in [2.45, 2.75) is 11.3 Å². The number of primary sulfonamides is 1. The van der Waals surface area contributed by atoms with Crippen molar-refractivity contribution in [1.82, 2.24) is 10.3 Å². The Labute approximate surface area is 203 Å². The number of nitrogens with zero attached hydrogens (tertiary/aromatic N) is 1. The fourth-order valence-electron chi connectivity index (χ4n) is 3.50. The van der Waals surface area contributed by atoms with Gasteiger partial charge in [0, 0.05) is 18.1 Å². The molecular formula is C26H25N3O5S. The maximum Gasteiger partial charge on any atom is 0.252 e. The first kappa shape index (κ1) is 24.2. The summed E-state index contributed by atoms with van der Waals surface area (Å²) in [5.74, 6) is 0.590. The number of carbonyl (C=O) groups is 1. The van der Waals surface area contributed by atoms with Crippen molar-refractivity contribution < 1.29 is 22.7 Å². The van der Waals surface area contributed by atoms with Gasteiger partial charge in [-0.15, -0.1) is 0 Å². The molecule has 35 heavy (non-hydrogen) atoms. The van der Waals surface area contributed by atoms with Gasteiger partial charge in [0.25, 0.3) is 5.91 Å². The van der Waals surface area contributed by atoms with E-state index in [1.165, 1.54) is 12.3 Å². The molecule has 0 bridgehead atoms. The summed E-state index contributed by atoms with van der Waals surface area (Å²) in [6, 6.07) is 23.3. The normalized spacial score (nSPS) is 11.2. The Morgan fingerprint density at radius 3 is 2.46 bits per heavy atom.